The number of fused-ring (bicyclic) bond motifs is 7. The van der Waals surface area contributed by atoms with Gasteiger partial charge in [0.25, 0.3) is 0 Å². The molecule has 0 saturated heterocycles. The van der Waals surface area contributed by atoms with Crippen molar-refractivity contribution in [2.24, 2.45) is 0 Å². The predicted octanol–water partition coefficient (Wildman–Crippen LogP) is 13.2. The Labute approximate surface area is 322 Å². The minimum atomic E-state index is 0.696. The van der Waals surface area contributed by atoms with Crippen molar-refractivity contribution in [1.82, 2.24) is 19.5 Å². The quantitative estimate of drug-likeness (QED) is 0.172. The van der Waals surface area contributed by atoms with E-state index in [2.05, 4.69) is 138 Å². The highest BCUT2D eigenvalue weighted by atomic mass is 16.3. The van der Waals surface area contributed by atoms with E-state index in [1.165, 1.54) is 0 Å². The van der Waals surface area contributed by atoms with E-state index in [0.29, 0.717) is 5.82 Å². The normalized spacial score (nSPS) is 11.6. The molecule has 0 N–H and O–H groups in total. The van der Waals surface area contributed by atoms with Crippen LogP contribution in [0.2, 0.25) is 0 Å². The highest BCUT2D eigenvalue weighted by Gasteiger charge is 2.24. The second kappa shape index (κ2) is 13.0. The lowest BCUT2D eigenvalue weighted by molar-refractivity contribution is 0.645. The van der Waals surface area contributed by atoms with Crippen LogP contribution in [-0.2, 0) is 0 Å². The summed E-state index contributed by atoms with van der Waals surface area (Å²) in [6, 6.07) is 67.1. The first-order valence-corrected chi connectivity index (χ1v) is 18.8. The van der Waals surface area contributed by atoms with E-state index in [9.17, 15) is 0 Å². The van der Waals surface area contributed by atoms with E-state index >= 15 is 0 Å². The summed E-state index contributed by atoms with van der Waals surface area (Å²) in [5.41, 5.74) is 13.4. The van der Waals surface area contributed by atoms with Crippen LogP contribution in [-0.4, -0.2) is 19.5 Å². The largest absolute Gasteiger partial charge is 0.437 e. The number of furan rings is 1. The molecule has 0 amide bonds. The first kappa shape index (κ1) is 31.9. The molecule has 262 valence electrons. The van der Waals surface area contributed by atoms with Gasteiger partial charge in [-0.1, -0.05) is 158 Å². The fourth-order valence-corrected chi connectivity index (χ4v) is 7.99. The number of para-hydroxylation sites is 2. The topological polar surface area (TPSA) is 56.7 Å². The van der Waals surface area contributed by atoms with Gasteiger partial charge in [-0.05, 0) is 47.5 Å². The fourth-order valence-electron chi connectivity index (χ4n) is 7.99. The Morgan fingerprint density at radius 1 is 0.393 bits per heavy atom. The van der Waals surface area contributed by atoms with Crippen molar-refractivity contribution >= 4 is 43.9 Å². The van der Waals surface area contributed by atoms with Gasteiger partial charge in [-0.15, -0.1) is 0 Å². The van der Waals surface area contributed by atoms with Crippen LogP contribution in [0.15, 0.2) is 199 Å². The number of hydrogen-bond acceptors (Lipinski definition) is 4. The van der Waals surface area contributed by atoms with Crippen molar-refractivity contribution in [2.75, 3.05) is 0 Å². The maximum absolute atomic E-state index is 7.02. The number of aromatic nitrogens is 4. The highest BCUT2D eigenvalue weighted by Crippen LogP contribution is 2.44. The smallest absolute Gasteiger partial charge is 0.213 e. The molecule has 7 aromatic carbocycles. The summed E-state index contributed by atoms with van der Waals surface area (Å²) in [4.78, 5) is 15.2. The number of pyridine rings is 1. The van der Waals surface area contributed by atoms with Crippen molar-refractivity contribution in [3.05, 3.63) is 194 Å². The van der Waals surface area contributed by atoms with Gasteiger partial charge < -0.3 is 4.42 Å². The number of nitrogens with zero attached hydrogens (tertiary/aromatic N) is 4. The van der Waals surface area contributed by atoms with Crippen LogP contribution in [0.3, 0.4) is 0 Å². The zero-order valence-electron chi connectivity index (χ0n) is 30.2. The zero-order chi connectivity index (χ0) is 37.0. The third-order valence-electron chi connectivity index (χ3n) is 10.6. The Balaban J connectivity index is 1.08. The number of hydrogen-bond donors (Lipinski definition) is 0. The molecule has 11 aromatic rings. The monoisotopic (exact) mass is 716 g/mol. The SMILES string of the molecule is c1ccc(-c2cc(-c3cccc(-c4cccc(-n5c6ccccc6c6c7c(oc65)c(-c5ccccc5)nc5ccccc57)c4)c3)nc(-c3ccccc3)n2)cc1. The summed E-state index contributed by atoms with van der Waals surface area (Å²) >= 11 is 0. The maximum atomic E-state index is 7.02. The molecule has 56 heavy (non-hydrogen) atoms. The average molecular weight is 717 g/mol. The number of rotatable bonds is 6. The van der Waals surface area contributed by atoms with Gasteiger partial charge in [0.2, 0.25) is 5.71 Å². The van der Waals surface area contributed by atoms with Crippen molar-refractivity contribution in [3.8, 4) is 62.0 Å². The molecule has 4 aromatic heterocycles. The lowest BCUT2D eigenvalue weighted by Crippen LogP contribution is -1.96. The van der Waals surface area contributed by atoms with Crippen LogP contribution in [0.1, 0.15) is 0 Å². The third-order valence-corrected chi connectivity index (χ3v) is 10.6. The Kier molecular flexibility index (Phi) is 7.42. The molecule has 5 nitrogen and oxygen atoms in total. The maximum Gasteiger partial charge on any atom is 0.213 e. The van der Waals surface area contributed by atoms with Gasteiger partial charge in [-0.3, -0.25) is 4.57 Å². The standard InChI is InChI=1S/C51H32N4O/c1-4-16-33(17-5-1)43-32-44(54-50(53-43)35-20-8-3-9-21-35)38-24-14-22-36(30-38)37-23-15-25-39(31-37)55-45-29-13-11-27-41(45)47-46-40-26-10-12-28-42(40)52-48(49(46)56-51(47)55)34-18-6-2-7-19-34/h1-32H. The van der Waals surface area contributed by atoms with E-state index in [0.717, 1.165) is 100 Å². The van der Waals surface area contributed by atoms with Crippen LogP contribution in [0.4, 0.5) is 0 Å². The van der Waals surface area contributed by atoms with Crippen LogP contribution in [0, 0.1) is 0 Å². The van der Waals surface area contributed by atoms with Crippen LogP contribution >= 0.6 is 0 Å². The Morgan fingerprint density at radius 3 is 1.73 bits per heavy atom. The molecule has 0 bridgehead atoms. The van der Waals surface area contributed by atoms with Crippen LogP contribution in [0.25, 0.3) is 106 Å². The van der Waals surface area contributed by atoms with E-state index in [4.69, 9.17) is 19.4 Å². The van der Waals surface area contributed by atoms with Crippen molar-refractivity contribution in [3.63, 3.8) is 0 Å². The zero-order valence-corrected chi connectivity index (χ0v) is 30.2. The van der Waals surface area contributed by atoms with Gasteiger partial charge in [0.15, 0.2) is 11.4 Å². The number of benzene rings is 7. The van der Waals surface area contributed by atoms with Crippen LogP contribution in [0.5, 0.6) is 0 Å². The molecule has 0 aliphatic heterocycles. The Morgan fingerprint density at radius 2 is 0.964 bits per heavy atom. The lowest BCUT2D eigenvalue weighted by atomic mass is 10.00. The summed E-state index contributed by atoms with van der Waals surface area (Å²) in [7, 11) is 0. The van der Waals surface area contributed by atoms with E-state index in [1.54, 1.807) is 0 Å². The Hall–Kier alpha value is -7.63. The highest BCUT2D eigenvalue weighted by molar-refractivity contribution is 6.28. The van der Waals surface area contributed by atoms with E-state index in [1.807, 2.05) is 60.7 Å². The first-order chi connectivity index (χ1) is 27.8. The lowest BCUT2D eigenvalue weighted by Gasteiger charge is -2.12. The third kappa shape index (κ3) is 5.29. The van der Waals surface area contributed by atoms with Crippen molar-refractivity contribution in [1.29, 1.82) is 0 Å². The van der Waals surface area contributed by atoms with Gasteiger partial charge in [0.1, 0.15) is 5.69 Å². The minimum Gasteiger partial charge on any atom is -0.437 e. The van der Waals surface area contributed by atoms with Gasteiger partial charge in [-0.2, -0.15) is 0 Å². The second-order valence-corrected chi connectivity index (χ2v) is 14.0. The van der Waals surface area contributed by atoms with Crippen molar-refractivity contribution in [2.45, 2.75) is 0 Å². The molecule has 0 atom stereocenters. The van der Waals surface area contributed by atoms with Gasteiger partial charge in [-0.25, -0.2) is 15.0 Å². The van der Waals surface area contributed by atoms with Crippen molar-refractivity contribution < 1.29 is 4.42 Å². The summed E-state index contributed by atoms with van der Waals surface area (Å²) in [6.45, 7) is 0. The van der Waals surface area contributed by atoms with E-state index in [-0.39, 0.29) is 0 Å². The summed E-state index contributed by atoms with van der Waals surface area (Å²) < 4.78 is 9.28. The Bertz CT molecular complexity index is 3180. The minimum absolute atomic E-state index is 0.696. The molecule has 4 heterocycles. The molecule has 0 unspecified atom stereocenters. The molecule has 0 aliphatic rings. The van der Waals surface area contributed by atoms with E-state index < -0.39 is 0 Å². The molecule has 0 radical (unpaired) electrons. The molecule has 0 fully saturated rings. The summed E-state index contributed by atoms with van der Waals surface area (Å²) in [5.74, 6) is 0.696. The molecule has 0 spiro atoms. The average Bonchev–Trinajstić information content (AvgIpc) is 3.82. The summed E-state index contributed by atoms with van der Waals surface area (Å²) in [6.07, 6.45) is 0. The molecule has 0 saturated carbocycles. The van der Waals surface area contributed by atoms with Gasteiger partial charge in [0, 0.05) is 44.1 Å². The first-order valence-electron chi connectivity index (χ1n) is 18.8. The molecule has 11 rings (SSSR count). The van der Waals surface area contributed by atoms with Crippen LogP contribution < -0.4 is 0 Å². The molecular weight excluding hydrogens is 685 g/mol. The molecular formula is C51H32N4O. The molecule has 5 heteroatoms. The fraction of sp³-hybridized carbons (Fsp3) is 0. The predicted molar refractivity (Wildman–Crippen MR) is 229 cm³/mol. The van der Waals surface area contributed by atoms with Gasteiger partial charge >= 0.3 is 0 Å². The molecule has 0 aliphatic carbocycles. The summed E-state index contributed by atoms with van der Waals surface area (Å²) in [5, 5.41) is 4.38. The van der Waals surface area contributed by atoms with Gasteiger partial charge in [0.05, 0.1) is 27.8 Å². The second-order valence-electron chi connectivity index (χ2n) is 14.0.